The predicted octanol–water partition coefficient (Wildman–Crippen LogP) is 4.48. The molecule has 2 aromatic carbocycles. The molecule has 3 aromatic rings. The molecule has 3 aliphatic rings. The number of carbonyl (C=O) groups is 2. The first-order chi connectivity index (χ1) is 20.9. The van der Waals surface area contributed by atoms with E-state index in [-0.39, 0.29) is 37.2 Å². The third kappa shape index (κ3) is 5.26. The molecule has 1 spiro atoms. The van der Waals surface area contributed by atoms with Gasteiger partial charge in [0.2, 0.25) is 5.43 Å². The van der Waals surface area contributed by atoms with E-state index < -0.39 is 69.8 Å². The van der Waals surface area contributed by atoms with Crippen LogP contribution in [-0.4, -0.2) is 51.9 Å². The molecule has 1 N–H and O–H groups in total. The van der Waals surface area contributed by atoms with Gasteiger partial charge in [-0.05, 0) is 39.2 Å². The van der Waals surface area contributed by atoms with Gasteiger partial charge in [-0.3, -0.25) is 14.4 Å². The number of hydrogen-bond acceptors (Lipinski definition) is 6. The molecule has 6 rings (SSSR count). The first-order valence-electron chi connectivity index (χ1n) is 14.4. The summed E-state index contributed by atoms with van der Waals surface area (Å²) in [5.41, 5.74) is -2.00. The number of nitrogens with zero attached hydrogens (tertiary/aromatic N) is 2. The van der Waals surface area contributed by atoms with Crippen molar-refractivity contribution in [2.45, 2.75) is 70.2 Å². The van der Waals surface area contributed by atoms with Crippen molar-refractivity contribution >= 4 is 11.8 Å². The maximum atomic E-state index is 14.3. The number of rotatable bonds is 6. The fourth-order valence-electron chi connectivity index (χ4n) is 6.29. The van der Waals surface area contributed by atoms with E-state index in [0.29, 0.717) is 25.0 Å². The molecule has 44 heavy (non-hydrogen) atoms. The molecule has 1 aromatic heterocycles. The molecule has 2 bridgehead atoms. The van der Waals surface area contributed by atoms with Gasteiger partial charge in [0.1, 0.15) is 35.2 Å². The van der Waals surface area contributed by atoms with Gasteiger partial charge in [0.15, 0.2) is 17.2 Å². The zero-order valence-corrected chi connectivity index (χ0v) is 24.5. The number of ether oxygens (including phenoxy) is 3. The van der Waals surface area contributed by atoms with Crippen molar-refractivity contribution in [3.05, 3.63) is 98.7 Å². The molecule has 3 atom stereocenters. The number of fused-ring (bicyclic) bond motifs is 5. The molecule has 0 aliphatic carbocycles. The Balaban J connectivity index is 1.46. The molecular weight excluding hydrogens is 579 g/mol. The van der Waals surface area contributed by atoms with Gasteiger partial charge >= 0.3 is 0 Å². The van der Waals surface area contributed by atoms with Gasteiger partial charge in [-0.1, -0.05) is 30.3 Å². The maximum Gasteiger partial charge on any atom is 0.274 e. The summed E-state index contributed by atoms with van der Waals surface area (Å²) in [7, 11) is 0. The van der Waals surface area contributed by atoms with Gasteiger partial charge in [-0.2, -0.15) is 0 Å². The van der Waals surface area contributed by atoms with Crippen LogP contribution in [0.15, 0.2) is 53.5 Å². The van der Waals surface area contributed by atoms with E-state index in [0.717, 1.165) is 5.56 Å². The van der Waals surface area contributed by atoms with Crippen LogP contribution in [0.4, 0.5) is 13.2 Å². The van der Waals surface area contributed by atoms with Crippen LogP contribution in [0.3, 0.4) is 0 Å². The monoisotopic (exact) mass is 611 g/mol. The van der Waals surface area contributed by atoms with Crippen LogP contribution in [0.2, 0.25) is 0 Å². The lowest BCUT2D eigenvalue weighted by atomic mass is 9.88. The number of halogens is 3. The quantitative estimate of drug-likeness (QED) is 0.442. The van der Waals surface area contributed by atoms with Crippen LogP contribution >= 0.6 is 0 Å². The molecule has 4 heterocycles. The van der Waals surface area contributed by atoms with Gasteiger partial charge in [-0.15, -0.1) is 0 Å². The Labute approximate surface area is 251 Å². The minimum absolute atomic E-state index is 0.0178. The molecule has 9 nitrogen and oxygen atoms in total. The van der Waals surface area contributed by atoms with E-state index in [2.05, 4.69) is 5.32 Å². The first kappa shape index (κ1) is 29.9. The van der Waals surface area contributed by atoms with Crippen LogP contribution in [0.5, 0.6) is 5.75 Å². The van der Waals surface area contributed by atoms with Gasteiger partial charge in [-0.25, -0.2) is 13.2 Å². The van der Waals surface area contributed by atoms with E-state index in [1.165, 1.54) is 6.20 Å². The Morgan fingerprint density at radius 3 is 2.48 bits per heavy atom. The lowest BCUT2D eigenvalue weighted by Crippen LogP contribution is -2.53. The molecule has 0 radical (unpaired) electrons. The van der Waals surface area contributed by atoms with Gasteiger partial charge < -0.3 is 29.0 Å². The summed E-state index contributed by atoms with van der Waals surface area (Å²) >= 11 is 0. The molecule has 0 unspecified atom stereocenters. The number of amides is 2. The SMILES string of the molecule is C[C@H]1CC[C@@]2(COC(C)(C)O2)[C@H]2CN1C(=O)c1c(OCc3ccccc3)c(=O)c(C(=O)NCc3c(F)cc(F)cc3F)cn12. The summed E-state index contributed by atoms with van der Waals surface area (Å²) < 4.78 is 62.1. The summed E-state index contributed by atoms with van der Waals surface area (Å²) in [6, 6.07) is 9.28. The number of nitrogens with one attached hydrogen (secondary N) is 1. The highest BCUT2D eigenvalue weighted by molar-refractivity contribution is 5.99. The Hall–Kier alpha value is -4.16. The molecule has 2 fully saturated rings. The molecule has 2 amide bonds. The summed E-state index contributed by atoms with van der Waals surface area (Å²) in [6.07, 6.45) is 2.44. The normalized spacial score (nSPS) is 23.8. The van der Waals surface area contributed by atoms with Crippen molar-refractivity contribution in [1.29, 1.82) is 0 Å². The predicted molar refractivity (Wildman–Crippen MR) is 152 cm³/mol. The average molecular weight is 612 g/mol. The highest BCUT2D eigenvalue weighted by Crippen LogP contribution is 2.47. The van der Waals surface area contributed by atoms with E-state index in [9.17, 15) is 27.6 Å². The number of aromatic nitrogens is 1. The fraction of sp³-hybridized carbons (Fsp3) is 0.406. The fourth-order valence-corrected chi connectivity index (χ4v) is 6.29. The summed E-state index contributed by atoms with van der Waals surface area (Å²) in [4.78, 5) is 43.1. The van der Waals surface area contributed by atoms with E-state index >= 15 is 0 Å². The van der Waals surface area contributed by atoms with Crippen LogP contribution in [0, 0.1) is 17.5 Å². The third-order valence-electron chi connectivity index (χ3n) is 8.60. The highest BCUT2D eigenvalue weighted by atomic mass is 19.1. The van der Waals surface area contributed by atoms with E-state index in [4.69, 9.17) is 14.2 Å². The Morgan fingerprint density at radius 2 is 1.82 bits per heavy atom. The van der Waals surface area contributed by atoms with Crippen molar-refractivity contribution < 1.29 is 37.0 Å². The highest BCUT2D eigenvalue weighted by Gasteiger charge is 2.56. The van der Waals surface area contributed by atoms with Gasteiger partial charge in [0.25, 0.3) is 11.8 Å². The minimum atomic E-state index is -1.18. The van der Waals surface area contributed by atoms with Crippen molar-refractivity contribution in [2.24, 2.45) is 0 Å². The lowest BCUT2D eigenvalue weighted by molar-refractivity contribution is -0.172. The van der Waals surface area contributed by atoms with E-state index in [1.54, 1.807) is 47.6 Å². The second-order valence-corrected chi connectivity index (χ2v) is 12.0. The zero-order chi connectivity index (χ0) is 31.4. The zero-order valence-electron chi connectivity index (χ0n) is 24.5. The van der Waals surface area contributed by atoms with Crippen LogP contribution in [0.1, 0.15) is 71.6 Å². The topological polar surface area (TPSA) is 99.1 Å². The van der Waals surface area contributed by atoms with Crippen molar-refractivity contribution in [3.63, 3.8) is 0 Å². The molecule has 232 valence electrons. The van der Waals surface area contributed by atoms with Crippen LogP contribution in [-0.2, 0) is 22.6 Å². The smallest absolute Gasteiger partial charge is 0.274 e. The van der Waals surface area contributed by atoms with E-state index in [1.807, 2.05) is 13.0 Å². The van der Waals surface area contributed by atoms with Crippen molar-refractivity contribution in [3.8, 4) is 5.75 Å². The van der Waals surface area contributed by atoms with Crippen molar-refractivity contribution in [2.75, 3.05) is 13.2 Å². The summed E-state index contributed by atoms with van der Waals surface area (Å²) in [6.45, 7) is 5.27. The molecule has 2 saturated heterocycles. The minimum Gasteiger partial charge on any atom is -0.483 e. The Bertz CT molecular complexity index is 1670. The molecule has 0 saturated carbocycles. The number of carbonyl (C=O) groups excluding carboxylic acids is 2. The second-order valence-electron chi connectivity index (χ2n) is 12.0. The summed E-state index contributed by atoms with van der Waals surface area (Å²) in [5, 5.41) is 2.36. The standard InChI is InChI=1S/C32H32F3N3O6/c1-18-9-10-32(17-43-31(2,3)44-32)25-15-37(18)30(41)26-28(42-16-19-7-5-4-6-8-19)27(39)22(14-38(25)26)29(40)36-13-21-23(34)11-20(33)12-24(21)35/h4-8,11-12,14,18,25H,9-10,13,15-17H2,1-3H3,(H,36,40)/t18-,25+,32+/m0/s1. The first-order valence-corrected chi connectivity index (χ1v) is 14.4. The number of pyridine rings is 1. The van der Waals surface area contributed by atoms with Crippen molar-refractivity contribution in [1.82, 2.24) is 14.8 Å². The Kier molecular flexibility index (Phi) is 7.53. The lowest BCUT2D eigenvalue weighted by Gasteiger charge is -2.43. The molecule has 3 aliphatic heterocycles. The second kappa shape index (κ2) is 11.1. The number of benzene rings is 2. The van der Waals surface area contributed by atoms with Gasteiger partial charge in [0, 0.05) is 43.0 Å². The third-order valence-corrected chi connectivity index (χ3v) is 8.60. The van der Waals surface area contributed by atoms with Crippen LogP contribution < -0.4 is 15.5 Å². The maximum absolute atomic E-state index is 14.3. The largest absolute Gasteiger partial charge is 0.483 e. The summed E-state index contributed by atoms with van der Waals surface area (Å²) in [5.74, 6) is -6.07. The molecule has 12 heteroatoms. The Morgan fingerprint density at radius 1 is 1.11 bits per heavy atom. The van der Waals surface area contributed by atoms with Gasteiger partial charge in [0.05, 0.1) is 12.6 Å². The average Bonchev–Trinajstić information content (AvgIpc) is 3.23. The number of hydrogen-bond donors (Lipinski definition) is 1. The molecular formula is C32H32F3N3O6. The van der Waals surface area contributed by atoms with Crippen LogP contribution in [0.25, 0.3) is 0 Å².